The SMILES string of the molecule is CCN(CC)CCCS(=O)(=O)N[C@H](CCC1CCCCC1)c1nc(COC(=O)N2CCCCC2)n(C)n1. The molecule has 11 heteroatoms. The van der Waals surface area contributed by atoms with E-state index in [0.29, 0.717) is 30.4 Å². The van der Waals surface area contributed by atoms with Gasteiger partial charge < -0.3 is 14.5 Å². The van der Waals surface area contributed by atoms with Crippen LogP contribution < -0.4 is 4.72 Å². The Balaban J connectivity index is 1.64. The Morgan fingerprint density at radius 1 is 1.11 bits per heavy atom. The number of rotatable bonds is 14. The highest BCUT2D eigenvalue weighted by Crippen LogP contribution is 2.30. The Hall–Kier alpha value is -1.72. The number of aromatic nitrogens is 3. The van der Waals surface area contributed by atoms with Gasteiger partial charge in [-0.05, 0) is 64.1 Å². The van der Waals surface area contributed by atoms with Crippen LogP contribution in [0.15, 0.2) is 0 Å². The second kappa shape index (κ2) is 15.0. The first-order valence-electron chi connectivity index (χ1n) is 14.3. The fourth-order valence-electron chi connectivity index (χ4n) is 5.42. The Morgan fingerprint density at radius 2 is 1.78 bits per heavy atom. The number of nitrogens with zero attached hydrogens (tertiary/aromatic N) is 5. The van der Waals surface area contributed by atoms with Crippen LogP contribution in [0.5, 0.6) is 0 Å². The molecule has 0 bridgehead atoms. The second-order valence-electron chi connectivity index (χ2n) is 10.6. The largest absolute Gasteiger partial charge is 0.441 e. The van der Waals surface area contributed by atoms with E-state index in [4.69, 9.17) is 4.74 Å². The van der Waals surface area contributed by atoms with Gasteiger partial charge in [0, 0.05) is 20.1 Å². The van der Waals surface area contributed by atoms with Crippen molar-refractivity contribution < 1.29 is 17.9 Å². The van der Waals surface area contributed by atoms with Gasteiger partial charge >= 0.3 is 6.09 Å². The summed E-state index contributed by atoms with van der Waals surface area (Å²) in [6.45, 7) is 8.23. The molecule has 1 atom stereocenters. The predicted octanol–water partition coefficient (Wildman–Crippen LogP) is 3.99. The molecule has 1 aliphatic carbocycles. The number of hydrogen-bond acceptors (Lipinski definition) is 7. The van der Waals surface area contributed by atoms with Gasteiger partial charge in [-0.2, -0.15) is 5.10 Å². The summed E-state index contributed by atoms with van der Waals surface area (Å²) in [6, 6.07) is -0.488. The summed E-state index contributed by atoms with van der Waals surface area (Å²) in [4.78, 5) is 21.0. The number of amides is 1. The molecular weight excluding hydrogens is 492 g/mol. The average Bonchev–Trinajstić information content (AvgIpc) is 3.29. The van der Waals surface area contributed by atoms with Gasteiger partial charge in [-0.1, -0.05) is 46.0 Å². The van der Waals surface area contributed by atoms with Crippen LogP contribution in [0.2, 0.25) is 0 Å². The molecule has 2 heterocycles. The monoisotopic (exact) mass is 540 g/mol. The minimum atomic E-state index is -3.50. The number of carbonyl (C=O) groups excluding carboxylic acids is 1. The van der Waals surface area contributed by atoms with E-state index in [2.05, 4.69) is 33.6 Å². The molecule has 1 aromatic heterocycles. The lowest BCUT2D eigenvalue weighted by Crippen LogP contribution is -2.36. The number of nitrogens with one attached hydrogen (secondary N) is 1. The van der Waals surface area contributed by atoms with E-state index in [1.54, 1.807) is 16.6 Å². The molecule has 1 saturated heterocycles. The van der Waals surface area contributed by atoms with Gasteiger partial charge in [0.25, 0.3) is 0 Å². The topological polar surface area (TPSA) is 110 Å². The third-order valence-corrected chi connectivity index (χ3v) is 9.28. The molecule has 3 rings (SSSR count). The second-order valence-corrected chi connectivity index (χ2v) is 12.4. The van der Waals surface area contributed by atoms with E-state index in [1.165, 1.54) is 32.1 Å². The smallest absolute Gasteiger partial charge is 0.410 e. The fraction of sp³-hybridized carbons (Fsp3) is 0.885. The zero-order valence-corrected chi connectivity index (χ0v) is 24.0. The molecule has 1 N–H and O–H groups in total. The lowest BCUT2D eigenvalue weighted by atomic mass is 9.85. The van der Waals surface area contributed by atoms with Crippen molar-refractivity contribution in [3.05, 3.63) is 11.6 Å². The first-order chi connectivity index (χ1) is 17.8. The van der Waals surface area contributed by atoms with Crippen molar-refractivity contribution in [3.63, 3.8) is 0 Å². The van der Waals surface area contributed by atoms with E-state index in [-0.39, 0.29) is 18.5 Å². The van der Waals surface area contributed by atoms with Crippen LogP contribution in [0.4, 0.5) is 4.79 Å². The third-order valence-electron chi connectivity index (χ3n) is 7.81. The maximum atomic E-state index is 13.0. The quantitative estimate of drug-likeness (QED) is 0.380. The predicted molar refractivity (Wildman–Crippen MR) is 144 cm³/mol. The maximum Gasteiger partial charge on any atom is 0.410 e. The lowest BCUT2D eigenvalue weighted by Gasteiger charge is -2.25. The van der Waals surface area contributed by atoms with Gasteiger partial charge in [-0.25, -0.2) is 27.6 Å². The highest BCUT2D eigenvalue weighted by molar-refractivity contribution is 7.89. The van der Waals surface area contributed by atoms with Crippen LogP contribution in [0.25, 0.3) is 0 Å². The first kappa shape index (κ1) is 29.8. The van der Waals surface area contributed by atoms with Crippen molar-refractivity contribution in [2.24, 2.45) is 13.0 Å². The Labute approximate surface area is 223 Å². The lowest BCUT2D eigenvalue weighted by molar-refractivity contribution is 0.0864. The third kappa shape index (κ3) is 9.83. The van der Waals surface area contributed by atoms with Gasteiger partial charge in [0.15, 0.2) is 18.3 Å². The molecule has 2 fully saturated rings. The molecule has 0 aromatic carbocycles. The van der Waals surface area contributed by atoms with E-state index < -0.39 is 16.1 Å². The van der Waals surface area contributed by atoms with E-state index >= 15 is 0 Å². The van der Waals surface area contributed by atoms with Gasteiger partial charge in [0.05, 0.1) is 11.8 Å². The van der Waals surface area contributed by atoms with Crippen molar-refractivity contribution in [2.45, 2.75) is 97.1 Å². The Bertz CT molecular complexity index is 921. The summed E-state index contributed by atoms with van der Waals surface area (Å²) in [6.07, 6.45) is 11.2. The zero-order chi connectivity index (χ0) is 26.7. The standard InChI is InChI=1S/C26H48N6O4S/c1-4-31(5-2)17-12-20-37(34,35)29-23(16-15-22-13-8-6-9-14-22)25-27-24(30(3)28-25)21-36-26(33)32-18-10-7-11-19-32/h22-23,29H,4-21H2,1-3H3/t23-/m1/s1. The van der Waals surface area contributed by atoms with Gasteiger partial charge in [0.2, 0.25) is 10.0 Å². The van der Waals surface area contributed by atoms with Crippen molar-refractivity contribution >= 4 is 16.1 Å². The molecule has 212 valence electrons. The van der Waals surface area contributed by atoms with Crippen molar-refractivity contribution in [2.75, 3.05) is 38.5 Å². The minimum Gasteiger partial charge on any atom is -0.441 e. The first-order valence-corrected chi connectivity index (χ1v) is 16.0. The molecule has 0 radical (unpaired) electrons. The number of carbonyl (C=O) groups is 1. The minimum absolute atomic E-state index is 0.0186. The van der Waals surface area contributed by atoms with Crippen LogP contribution in [-0.4, -0.2) is 77.6 Å². The summed E-state index contributed by atoms with van der Waals surface area (Å²) < 4.78 is 36.1. The highest BCUT2D eigenvalue weighted by Gasteiger charge is 2.26. The van der Waals surface area contributed by atoms with Crippen LogP contribution in [0.1, 0.15) is 102 Å². The fourth-order valence-corrected chi connectivity index (χ4v) is 6.70. The number of ether oxygens (including phenoxy) is 1. The van der Waals surface area contributed by atoms with Gasteiger partial charge in [0.1, 0.15) is 0 Å². The molecule has 0 unspecified atom stereocenters. The average molecular weight is 541 g/mol. The molecule has 1 saturated carbocycles. The number of likely N-dealkylation sites (tertiary alicyclic amines) is 1. The number of aryl methyl sites for hydroxylation is 1. The van der Waals surface area contributed by atoms with Crippen LogP contribution in [0, 0.1) is 5.92 Å². The van der Waals surface area contributed by atoms with E-state index in [1.807, 2.05) is 0 Å². The van der Waals surface area contributed by atoms with Gasteiger partial charge in [-0.15, -0.1) is 0 Å². The summed E-state index contributed by atoms with van der Waals surface area (Å²) in [7, 11) is -1.73. The number of piperidine rings is 1. The zero-order valence-electron chi connectivity index (χ0n) is 23.2. The van der Waals surface area contributed by atoms with E-state index in [0.717, 1.165) is 58.4 Å². The van der Waals surface area contributed by atoms with Crippen molar-refractivity contribution in [1.82, 2.24) is 29.3 Å². The Morgan fingerprint density at radius 3 is 2.46 bits per heavy atom. The molecule has 2 aliphatic rings. The summed E-state index contributed by atoms with van der Waals surface area (Å²) in [5.41, 5.74) is 0. The van der Waals surface area contributed by atoms with Crippen molar-refractivity contribution in [3.8, 4) is 0 Å². The van der Waals surface area contributed by atoms with Gasteiger partial charge in [-0.3, -0.25) is 0 Å². The number of hydrogen-bond donors (Lipinski definition) is 1. The molecule has 1 aliphatic heterocycles. The van der Waals surface area contributed by atoms with E-state index in [9.17, 15) is 13.2 Å². The Kier molecular flexibility index (Phi) is 12.1. The number of sulfonamides is 1. The summed E-state index contributed by atoms with van der Waals surface area (Å²) >= 11 is 0. The van der Waals surface area contributed by atoms with Crippen LogP contribution >= 0.6 is 0 Å². The molecule has 10 nitrogen and oxygen atoms in total. The maximum absolute atomic E-state index is 13.0. The molecule has 0 spiro atoms. The molecule has 1 aromatic rings. The van der Waals surface area contributed by atoms with Crippen molar-refractivity contribution in [1.29, 1.82) is 0 Å². The summed E-state index contributed by atoms with van der Waals surface area (Å²) in [5.74, 6) is 1.67. The molecule has 1 amide bonds. The normalized spacial score (nSPS) is 18.3. The summed E-state index contributed by atoms with van der Waals surface area (Å²) in [5, 5.41) is 4.55. The molecule has 37 heavy (non-hydrogen) atoms. The van der Waals surface area contributed by atoms with Crippen LogP contribution in [0.3, 0.4) is 0 Å². The van der Waals surface area contributed by atoms with Crippen LogP contribution in [-0.2, 0) is 28.4 Å². The molecular formula is C26H48N6O4S. The highest BCUT2D eigenvalue weighted by atomic mass is 32.2.